The number of hydrazone groups is 1. The first kappa shape index (κ1) is 19.4. The third kappa shape index (κ3) is 4.66. The van der Waals surface area contributed by atoms with Gasteiger partial charge in [-0.15, -0.1) is 0 Å². The molecule has 0 aliphatic rings. The molecule has 0 spiro atoms. The molecular weight excluding hydrogens is 380 g/mol. The van der Waals surface area contributed by atoms with Crippen LogP contribution < -0.4 is 9.57 Å². The van der Waals surface area contributed by atoms with Gasteiger partial charge in [-0.25, -0.2) is 9.63 Å². The van der Waals surface area contributed by atoms with Gasteiger partial charge in [0.15, 0.2) is 6.10 Å². The summed E-state index contributed by atoms with van der Waals surface area (Å²) in [5.74, 6) is -0.669. The van der Waals surface area contributed by atoms with Crippen molar-refractivity contribution < 1.29 is 23.1 Å². The number of nitrogens with zero attached hydrogens (tertiary/aromatic N) is 1. The van der Waals surface area contributed by atoms with Crippen molar-refractivity contribution in [1.82, 2.24) is 4.83 Å². The first-order valence-corrected chi connectivity index (χ1v) is 9.87. The third-order valence-corrected chi connectivity index (χ3v) is 5.18. The molecule has 28 heavy (non-hydrogen) atoms. The lowest BCUT2D eigenvalue weighted by Gasteiger charge is -2.10. The Kier molecular flexibility index (Phi) is 5.60. The highest BCUT2D eigenvalue weighted by Crippen LogP contribution is 2.19. The molecule has 0 fully saturated rings. The van der Waals surface area contributed by atoms with Crippen molar-refractivity contribution in [2.45, 2.75) is 17.9 Å². The molecule has 0 amide bonds. The molecule has 1 atom stereocenters. The highest BCUT2D eigenvalue weighted by atomic mass is 32.2. The molecule has 2 N–H and O–H groups in total. The molecule has 7 nitrogen and oxygen atoms in total. The second kappa shape index (κ2) is 8.10. The van der Waals surface area contributed by atoms with E-state index in [2.05, 4.69) is 9.93 Å². The minimum Gasteiger partial charge on any atom is -0.479 e. The van der Waals surface area contributed by atoms with Crippen LogP contribution in [0.3, 0.4) is 0 Å². The average Bonchev–Trinajstić information content (AvgIpc) is 2.68. The molecule has 8 heteroatoms. The lowest BCUT2D eigenvalue weighted by molar-refractivity contribution is -0.144. The highest BCUT2D eigenvalue weighted by molar-refractivity contribution is 7.89. The highest BCUT2D eigenvalue weighted by Gasteiger charge is 2.13. The number of hydrogen-bond acceptors (Lipinski definition) is 5. The Bertz CT molecular complexity index is 1120. The Morgan fingerprint density at radius 1 is 1.07 bits per heavy atom. The normalized spacial score (nSPS) is 12.8. The van der Waals surface area contributed by atoms with Crippen LogP contribution in [-0.2, 0) is 14.8 Å². The van der Waals surface area contributed by atoms with E-state index >= 15 is 0 Å². The zero-order valence-corrected chi connectivity index (χ0v) is 15.8. The molecule has 1 unspecified atom stereocenters. The van der Waals surface area contributed by atoms with E-state index in [1.54, 1.807) is 36.4 Å². The Labute approximate surface area is 162 Å². The van der Waals surface area contributed by atoms with Gasteiger partial charge >= 0.3 is 5.97 Å². The topological polar surface area (TPSA) is 105 Å². The lowest BCUT2D eigenvalue weighted by atomic mass is 10.1. The van der Waals surface area contributed by atoms with E-state index in [0.29, 0.717) is 11.3 Å². The van der Waals surface area contributed by atoms with Gasteiger partial charge in [0.05, 0.1) is 11.1 Å². The van der Waals surface area contributed by atoms with E-state index in [4.69, 9.17) is 9.84 Å². The zero-order chi connectivity index (χ0) is 20.1. The molecule has 0 saturated carbocycles. The predicted molar refractivity (Wildman–Crippen MR) is 106 cm³/mol. The van der Waals surface area contributed by atoms with E-state index in [1.807, 2.05) is 24.3 Å². The van der Waals surface area contributed by atoms with Gasteiger partial charge in [-0.1, -0.05) is 30.3 Å². The van der Waals surface area contributed by atoms with Crippen LogP contribution in [0.15, 0.2) is 76.7 Å². The quantitative estimate of drug-likeness (QED) is 0.470. The number of benzene rings is 3. The summed E-state index contributed by atoms with van der Waals surface area (Å²) in [5, 5.41) is 14.4. The van der Waals surface area contributed by atoms with Crippen LogP contribution in [0.2, 0.25) is 0 Å². The Morgan fingerprint density at radius 3 is 2.43 bits per heavy atom. The molecule has 0 radical (unpaired) electrons. The Balaban J connectivity index is 1.68. The van der Waals surface area contributed by atoms with E-state index in [1.165, 1.54) is 19.2 Å². The molecule has 144 valence electrons. The van der Waals surface area contributed by atoms with Crippen molar-refractivity contribution in [3.05, 3.63) is 72.3 Å². The number of aliphatic carboxylic acids is 1. The second-order valence-corrected chi connectivity index (χ2v) is 7.69. The summed E-state index contributed by atoms with van der Waals surface area (Å²) in [6.45, 7) is 1.43. The summed E-state index contributed by atoms with van der Waals surface area (Å²) >= 11 is 0. The van der Waals surface area contributed by atoms with Crippen molar-refractivity contribution >= 4 is 33.0 Å². The van der Waals surface area contributed by atoms with Crippen LogP contribution in [0.1, 0.15) is 12.5 Å². The fourth-order valence-corrected chi connectivity index (χ4v) is 3.27. The number of fused-ring (bicyclic) bond motifs is 1. The van der Waals surface area contributed by atoms with Gasteiger partial charge in [0.25, 0.3) is 10.0 Å². The van der Waals surface area contributed by atoms with Crippen LogP contribution >= 0.6 is 0 Å². The van der Waals surface area contributed by atoms with Gasteiger partial charge in [-0.05, 0) is 59.7 Å². The van der Waals surface area contributed by atoms with Crippen molar-refractivity contribution in [1.29, 1.82) is 0 Å². The minimum absolute atomic E-state index is 0.120. The number of carbonyl (C=O) groups is 1. The van der Waals surface area contributed by atoms with Gasteiger partial charge in [-0.2, -0.15) is 13.5 Å². The molecule has 3 rings (SSSR count). The number of rotatable bonds is 7. The van der Waals surface area contributed by atoms with Crippen molar-refractivity contribution in [3.63, 3.8) is 0 Å². The van der Waals surface area contributed by atoms with Crippen LogP contribution in [0, 0.1) is 0 Å². The molecule has 0 aliphatic heterocycles. The molecule has 0 heterocycles. The molecule has 0 aliphatic carbocycles. The summed E-state index contributed by atoms with van der Waals surface area (Å²) in [6.07, 6.45) is 0.386. The smallest absolute Gasteiger partial charge is 0.344 e. The minimum atomic E-state index is -3.79. The van der Waals surface area contributed by atoms with Crippen LogP contribution in [0.5, 0.6) is 5.75 Å². The Morgan fingerprint density at radius 2 is 1.75 bits per heavy atom. The van der Waals surface area contributed by atoms with Gasteiger partial charge in [0.2, 0.25) is 0 Å². The number of hydrogen-bond donors (Lipinski definition) is 2. The summed E-state index contributed by atoms with van der Waals surface area (Å²) in [4.78, 5) is 13.1. The zero-order valence-electron chi connectivity index (χ0n) is 14.9. The maximum absolute atomic E-state index is 12.4. The van der Waals surface area contributed by atoms with Crippen molar-refractivity contribution in [3.8, 4) is 5.75 Å². The molecule has 3 aromatic carbocycles. The number of sulfonamides is 1. The molecule has 0 bridgehead atoms. The molecule has 0 saturated heterocycles. The summed E-state index contributed by atoms with van der Waals surface area (Å²) in [7, 11) is -3.79. The molecule has 0 aromatic heterocycles. The van der Waals surface area contributed by atoms with Gasteiger partial charge < -0.3 is 9.84 Å². The number of ether oxygens (including phenoxy) is 1. The van der Waals surface area contributed by atoms with Crippen LogP contribution in [-0.4, -0.2) is 31.8 Å². The number of carboxylic acid groups (broad SMARTS) is 1. The first-order chi connectivity index (χ1) is 13.3. The van der Waals surface area contributed by atoms with E-state index in [0.717, 1.165) is 10.8 Å². The molecular formula is C20H18N2O5S. The fourth-order valence-electron chi connectivity index (χ4n) is 2.44. The maximum Gasteiger partial charge on any atom is 0.344 e. The number of carboxylic acids is 1. The summed E-state index contributed by atoms with van der Waals surface area (Å²) < 4.78 is 30.0. The third-order valence-electron chi connectivity index (χ3n) is 3.96. The van der Waals surface area contributed by atoms with Gasteiger partial charge in [0.1, 0.15) is 5.75 Å². The van der Waals surface area contributed by atoms with Gasteiger partial charge in [-0.3, -0.25) is 0 Å². The average molecular weight is 398 g/mol. The van der Waals surface area contributed by atoms with Crippen molar-refractivity contribution in [2.75, 3.05) is 0 Å². The van der Waals surface area contributed by atoms with Crippen LogP contribution in [0.25, 0.3) is 10.8 Å². The Hall–Kier alpha value is -3.39. The second-order valence-electron chi connectivity index (χ2n) is 6.03. The SMILES string of the molecule is CC(Oc1ccc(/C=N\NS(=O)(=O)c2ccc3ccccc3c2)cc1)C(=O)O. The monoisotopic (exact) mass is 398 g/mol. The molecule has 3 aromatic rings. The first-order valence-electron chi connectivity index (χ1n) is 8.38. The van der Waals surface area contributed by atoms with Crippen LogP contribution in [0.4, 0.5) is 0 Å². The van der Waals surface area contributed by atoms with Crippen molar-refractivity contribution in [2.24, 2.45) is 5.10 Å². The fraction of sp³-hybridized carbons (Fsp3) is 0.100. The standard InChI is InChI=1S/C20H18N2O5S/c1-14(20(23)24)27-18-9-6-15(7-10-18)13-21-22-28(25,26)19-11-8-16-4-2-3-5-17(16)12-19/h2-14,22H,1H3,(H,23,24)/b21-13-. The van der Waals surface area contributed by atoms with E-state index in [-0.39, 0.29) is 4.90 Å². The predicted octanol–water partition coefficient (Wildman–Crippen LogP) is 3.00. The van der Waals surface area contributed by atoms with E-state index < -0.39 is 22.1 Å². The lowest BCUT2D eigenvalue weighted by Crippen LogP contribution is -2.22. The summed E-state index contributed by atoms with van der Waals surface area (Å²) in [6, 6.07) is 18.8. The maximum atomic E-state index is 12.4. The largest absolute Gasteiger partial charge is 0.479 e. The number of nitrogens with one attached hydrogen (secondary N) is 1. The van der Waals surface area contributed by atoms with Gasteiger partial charge in [0, 0.05) is 0 Å². The summed E-state index contributed by atoms with van der Waals surface area (Å²) in [5.41, 5.74) is 0.622. The van der Waals surface area contributed by atoms with E-state index in [9.17, 15) is 13.2 Å².